The van der Waals surface area contributed by atoms with Gasteiger partial charge in [0.05, 0.1) is 19.5 Å². The lowest BCUT2D eigenvalue weighted by Crippen LogP contribution is -2.09. The van der Waals surface area contributed by atoms with Crippen molar-refractivity contribution in [3.63, 3.8) is 0 Å². The van der Waals surface area contributed by atoms with Gasteiger partial charge in [-0.3, -0.25) is 10.1 Å². The molecule has 0 amide bonds. The highest BCUT2D eigenvalue weighted by Crippen LogP contribution is 2.34. The standard InChI is InChI=1S/C11H15NO4S/c1-15-9-5-4-8(6-10(9)16-2)11(17-3)7-12(13)14/h4-6,11H,7H2,1-3H3. The van der Waals surface area contributed by atoms with Gasteiger partial charge in [0.15, 0.2) is 11.5 Å². The normalized spacial score (nSPS) is 11.9. The van der Waals surface area contributed by atoms with Crippen molar-refractivity contribution >= 4 is 11.8 Å². The first-order chi connectivity index (χ1) is 8.12. The Morgan fingerprint density at radius 2 is 2.00 bits per heavy atom. The van der Waals surface area contributed by atoms with Crippen LogP contribution in [0.2, 0.25) is 0 Å². The highest BCUT2D eigenvalue weighted by molar-refractivity contribution is 7.98. The second kappa shape index (κ2) is 6.34. The molecule has 0 saturated heterocycles. The van der Waals surface area contributed by atoms with Gasteiger partial charge in [-0.2, -0.15) is 11.8 Å². The first-order valence-corrected chi connectivity index (χ1v) is 6.27. The summed E-state index contributed by atoms with van der Waals surface area (Å²) in [4.78, 5) is 10.2. The molecule has 1 aromatic rings. The van der Waals surface area contributed by atoms with Crippen LogP contribution in [0.3, 0.4) is 0 Å². The Hall–Kier alpha value is -1.43. The first kappa shape index (κ1) is 13.6. The van der Waals surface area contributed by atoms with E-state index in [1.165, 1.54) is 11.8 Å². The Morgan fingerprint density at radius 3 is 2.47 bits per heavy atom. The summed E-state index contributed by atoms with van der Waals surface area (Å²) >= 11 is 1.45. The Labute approximate surface area is 104 Å². The van der Waals surface area contributed by atoms with E-state index in [0.29, 0.717) is 11.5 Å². The predicted molar refractivity (Wildman–Crippen MR) is 67.7 cm³/mol. The fourth-order valence-corrected chi connectivity index (χ4v) is 2.19. The molecule has 1 rings (SSSR count). The van der Waals surface area contributed by atoms with E-state index in [1.807, 2.05) is 12.3 Å². The van der Waals surface area contributed by atoms with E-state index in [9.17, 15) is 10.1 Å². The SMILES string of the molecule is COc1ccc(C(C[N+](=O)[O-])SC)cc1OC. The summed E-state index contributed by atoms with van der Waals surface area (Å²) in [6.45, 7) is -0.101. The maximum Gasteiger partial charge on any atom is 0.219 e. The van der Waals surface area contributed by atoms with Crippen molar-refractivity contribution in [1.29, 1.82) is 0 Å². The minimum atomic E-state index is -0.308. The highest BCUT2D eigenvalue weighted by Gasteiger charge is 2.18. The molecule has 1 aromatic carbocycles. The molecular weight excluding hydrogens is 242 g/mol. The zero-order chi connectivity index (χ0) is 12.8. The quantitative estimate of drug-likeness (QED) is 0.578. The van der Waals surface area contributed by atoms with Crippen molar-refractivity contribution in [1.82, 2.24) is 0 Å². The van der Waals surface area contributed by atoms with Crippen molar-refractivity contribution in [3.8, 4) is 11.5 Å². The lowest BCUT2D eigenvalue weighted by Gasteiger charge is -2.13. The molecule has 0 N–H and O–H groups in total. The van der Waals surface area contributed by atoms with Crippen LogP contribution >= 0.6 is 11.8 Å². The molecule has 0 saturated carbocycles. The van der Waals surface area contributed by atoms with Crippen molar-refractivity contribution in [2.75, 3.05) is 27.0 Å². The number of methoxy groups -OCH3 is 2. The van der Waals surface area contributed by atoms with Gasteiger partial charge in [-0.25, -0.2) is 0 Å². The van der Waals surface area contributed by atoms with Crippen molar-refractivity contribution in [3.05, 3.63) is 33.9 Å². The van der Waals surface area contributed by atoms with Gasteiger partial charge in [0.2, 0.25) is 6.54 Å². The molecule has 94 valence electrons. The molecule has 0 heterocycles. The third kappa shape index (κ3) is 3.52. The van der Waals surface area contributed by atoms with Crippen molar-refractivity contribution in [2.24, 2.45) is 0 Å². The highest BCUT2D eigenvalue weighted by atomic mass is 32.2. The molecule has 5 nitrogen and oxygen atoms in total. The van der Waals surface area contributed by atoms with E-state index in [-0.39, 0.29) is 16.7 Å². The molecule has 0 aromatic heterocycles. The maximum absolute atomic E-state index is 10.6. The molecular formula is C11H15NO4S. The Kier molecular flexibility index (Phi) is 5.09. The molecule has 0 fully saturated rings. The topological polar surface area (TPSA) is 61.6 Å². The Bertz CT molecular complexity index is 397. The zero-order valence-corrected chi connectivity index (χ0v) is 10.8. The fourth-order valence-electron chi connectivity index (χ4n) is 1.50. The van der Waals surface area contributed by atoms with Gasteiger partial charge in [0, 0.05) is 4.92 Å². The smallest absolute Gasteiger partial charge is 0.219 e. The summed E-state index contributed by atoms with van der Waals surface area (Å²) in [5.41, 5.74) is 0.867. The largest absolute Gasteiger partial charge is 0.493 e. The maximum atomic E-state index is 10.6. The molecule has 6 heteroatoms. The molecule has 0 bridgehead atoms. The summed E-state index contributed by atoms with van der Waals surface area (Å²) in [6.07, 6.45) is 1.85. The van der Waals surface area contributed by atoms with Gasteiger partial charge in [-0.1, -0.05) is 6.07 Å². The second-order valence-electron chi connectivity index (χ2n) is 3.35. The fraction of sp³-hybridized carbons (Fsp3) is 0.455. The monoisotopic (exact) mass is 257 g/mol. The summed E-state index contributed by atoms with van der Waals surface area (Å²) in [7, 11) is 3.10. The van der Waals surface area contributed by atoms with Crippen LogP contribution in [0.4, 0.5) is 0 Å². The average molecular weight is 257 g/mol. The molecule has 0 aliphatic carbocycles. The third-order valence-corrected chi connectivity index (χ3v) is 3.37. The summed E-state index contributed by atoms with van der Waals surface area (Å²) in [5, 5.41) is 10.4. The van der Waals surface area contributed by atoms with Crippen molar-refractivity contribution in [2.45, 2.75) is 5.25 Å². The number of thioether (sulfide) groups is 1. The number of hydrogen-bond donors (Lipinski definition) is 0. The second-order valence-corrected chi connectivity index (χ2v) is 4.39. The first-order valence-electron chi connectivity index (χ1n) is 4.99. The van der Waals surface area contributed by atoms with E-state index in [0.717, 1.165) is 5.56 Å². The van der Waals surface area contributed by atoms with Crippen LogP contribution < -0.4 is 9.47 Å². The summed E-state index contributed by atoms with van der Waals surface area (Å²) in [5.74, 6) is 1.21. The third-order valence-electron chi connectivity index (χ3n) is 2.38. The van der Waals surface area contributed by atoms with E-state index in [2.05, 4.69) is 0 Å². The van der Waals surface area contributed by atoms with Gasteiger partial charge in [-0.15, -0.1) is 0 Å². The van der Waals surface area contributed by atoms with Gasteiger partial charge in [-0.05, 0) is 24.0 Å². The van der Waals surface area contributed by atoms with E-state index < -0.39 is 0 Å². The van der Waals surface area contributed by atoms with Crippen molar-refractivity contribution < 1.29 is 14.4 Å². The van der Waals surface area contributed by atoms with Crippen LogP contribution in [-0.4, -0.2) is 31.9 Å². The predicted octanol–water partition coefficient (Wildman–Crippen LogP) is 2.38. The number of nitrogens with zero attached hydrogens (tertiary/aromatic N) is 1. The van der Waals surface area contributed by atoms with Crippen LogP contribution in [0.25, 0.3) is 0 Å². The minimum Gasteiger partial charge on any atom is -0.493 e. The Balaban J connectivity index is 3.00. The molecule has 0 spiro atoms. The minimum absolute atomic E-state index is 0.101. The number of nitro groups is 1. The van der Waals surface area contributed by atoms with Crippen LogP contribution in [-0.2, 0) is 0 Å². The van der Waals surface area contributed by atoms with E-state index >= 15 is 0 Å². The number of ether oxygens (including phenoxy) is 2. The zero-order valence-electron chi connectivity index (χ0n) is 10.0. The Morgan fingerprint density at radius 1 is 1.35 bits per heavy atom. The summed E-state index contributed by atoms with van der Waals surface area (Å²) in [6, 6.07) is 5.37. The molecule has 17 heavy (non-hydrogen) atoms. The molecule has 1 atom stereocenters. The lowest BCUT2D eigenvalue weighted by molar-refractivity contribution is -0.479. The van der Waals surface area contributed by atoms with Crippen LogP contribution in [0.15, 0.2) is 18.2 Å². The average Bonchev–Trinajstić information content (AvgIpc) is 2.34. The van der Waals surface area contributed by atoms with Crippen LogP contribution in [0.5, 0.6) is 11.5 Å². The van der Waals surface area contributed by atoms with Crippen LogP contribution in [0.1, 0.15) is 10.8 Å². The van der Waals surface area contributed by atoms with E-state index in [4.69, 9.17) is 9.47 Å². The molecule has 0 radical (unpaired) electrons. The summed E-state index contributed by atoms with van der Waals surface area (Å²) < 4.78 is 10.3. The molecule has 0 aliphatic rings. The van der Waals surface area contributed by atoms with Crippen LogP contribution in [0, 0.1) is 10.1 Å². The van der Waals surface area contributed by atoms with Gasteiger partial charge >= 0.3 is 0 Å². The number of benzene rings is 1. The van der Waals surface area contributed by atoms with Gasteiger partial charge < -0.3 is 9.47 Å². The lowest BCUT2D eigenvalue weighted by atomic mass is 10.1. The van der Waals surface area contributed by atoms with E-state index in [1.54, 1.807) is 26.4 Å². The molecule has 0 aliphatic heterocycles. The number of hydrogen-bond acceptors (Lipinski definition) is 5. The number of rotatable bonds is 6. The van der Waals surface area contributed by atoms with Gasteiger partial charge in [0.1, 0.15) is 0 Å². The van der Waals surface area contributed by atoms with Gasteiger partial charge in [0.25, 0.3) is 0 Å². The molecule has 1 unspecified atom stereocenters.